The van der Waals surface area contributed by atoms with Gasteiger partial charge in [-0.2, -0.15) is 0 Å². The van der Waals surface area contributed by atoms with E-state index in [0.717, 1.165) is 33.3 Å². The van der Waals surface area contributed by atoms with Crippen molar-refractivity contribution in [3.8, 4) is 10.6 Å². The fraction of sp³-hybridized carbons (Fsp3) is 0.273. The molecule has 0 unspecified atom stereocenters. The summed E-state index contributed by atoms with van der Waals surface area (Å²) < 4.78 is 1.10. The highest BCUT2D eigenvalue weighted by atomic mass is 79.9. The minimum atomic E-state index is 0.805. The number of nitrogens with zero attached hydrogens (tertiary/aromatic N) is 2. The predicted molar refractivity (Wildman–Crippen MR) is 75.5 cm³/mol. The molecule has 0 aliphatic rings. The van der Waals surface area contributed by atoms with Gasteiger partial charge in [0.15, 0.2) is 0 Å². The first-order valence-electron chi connectivity index (χ1n) is 5.27. The summed E-state index contributed by atoms with van der Waals surface area (Å²) in [5.41, 5.74) is 0.903. The number of rotatable bonds is 5. The van der Waals surface area contributed by atoms with Crippen LogP contribution < -0.4 is 10.6 Å². The van der Waals surface area contributed by atoms with Gasteiger partial charge in [0.2, 0.25) is 0 Å². The van der Waals surface area contributed by atoms with E-state index in [1.807, 2.05) is 31.3 Å². The molecule has 0 atom stereocenters. The Morgan fingerprint density at radius 3 is 2.65 bits per heavy atom. The van der Waals surface area contributed by atoms with Gasteiger partial charge in [0, 0.05) is 13.1 Å². The predicted octanol–water partition coefficient (Wildman–Crippen LogP) is 2.60. The van der Waals surface area contributed by atoms with Crippen molar-refractivity contribution >= 4 is 33.1 Å². The highest BCUT2D eigenvalue weighted by Gasteiger charge is 2.03. The van der Waals surface area contributed by atoms with Crippen molar-refractivity contribution in [2.24, 2.45) is 0 Å². The lowest BCUT2D eigenvalue weighted by Crippen LogP contribution is -2.18. The standard InChI is InChI=1S/C11H13BrN4S/c1-13-6-7-14-11-5-2-8(15-16-11)9-3-4-10(12)17-9/h2-5,13H,6-7H2,1H3,(H,14,16). The first-order valence-corrected chi connectivity index (χ1v) is 6.88. The number of nitrogens with one attached hydrogen (secondary N) is 2. The van der Waals surface area contributed by atoms with Gasteiger partial charge >= 0.3 is 0 Å². The van der Waals surface area contributed by atoms with Gasteiger partial charge in [0.1, 0.15) is 11.5 Å². The summed E-state index contributed by atoms with van der Waals surface area (Å²) >= 11 is 5.09. The highest BCUT2D eigenvalue weighted by Crippen LogP contribution is 2.29. The molecule has 90 valence electrons. The van der Waals surface area contributed by atoms with Crippen molar-refractivity contribution in [3.63, 3.8) is 0 Å². The lowest BCUT2D eigenvalue weighted by atomic mass is 10.3. The van der Waals surface area contributed by atoms with Gasteiger partial charge in [0.05, 0.1) is 8.66 Å². The van der Waals surface area contributed by atoms with Gasteiger partial charge in [-0.1, -0.05) is 0 Å². The van der Waals surface area contributed by atoms with Crippen LogP contribution in [0.5, 0.6) is 0 Å². The second kappa shape index (κ2) is 6.09. The summed E-state index contributed by atoms with van der Waals surface area (Å²) in [6.07, 6.45) is 0. The van der Waals surface area contributed by atoms with Crippen LogP contribution >= 0.6 is 27.3 Å². The zero-order chi connectivity index (χ0) is 12.1. The molecule has 17 heavy (non-hydrogen) atoms. The lowest BCUT2D eigenvalue weighted by molar-refractivity contribution is 0.818. The number of hydrogen-bond donors (Lipinski definition) is 2. The highest BCUT2D eigenvalue weighted by molar-refractivity contribution is 9.11. The molecule has 0 amide bonds. The minimum Gasteiger partial charge on any atom is -0.367 e. The maximum absolute atomic E-state index is 4.20. The zero-order valence-electron chi connectivity index (χ0n) is 9.40. The van der Waals surface area contributed by atoms with Crippen LogP contribution in [0.2, 0.25) is 0 Å². The molecule has 0 spiro atoms. The van der Waals surface area contributed by atoms with Gasteiger partial charge in [-0.15, -0.1) is 21.5 Å². The number of halogens is 1. The smallest absolute Gasteiger partial charge is 0.148 e. The van der Waals surface area contributed by atoms with Crippen molar-refractivity contribution < 1.29 is 0 Å². The van der Waals surface area contributed by atoms with Crippen LogP contribution in [0, 0.1) is 0 Å². The van der Waals surface area contributed by atoms with E-state index in [4.69, 9.17) is 0 Å². The second-order valence-corrected chi connectivity index (χ2v) is 5.90. The molecule has 0 bridgehead atoms. The lowest BCUT2D eigenvalue weighted by Gasteiger charge is -2.04. The Morgan fingerprint density at radius 2 is 2.06 bits per heavy atom. The van der Waals surface area contributed by atoms with Gasteiger partial charge in [-0.3, -0.25) is 0 Å². The second-order valence-electron chi connectivity index (χ2n) is 3.44. The van der Waals surface area contributed by atoms with Gasteiger partial charge in [-0.05, 0) is 47.2 Å². The van der Waals surface area contributed by atoms with E-state index in [1.165, 1.54) is 0 Å². The number of thiophene rings is 1. The Labute approximate surface area is 113 Å². The summed E-state index contributed by atoms with van der Waals surface area (Å²) in [5.74, 6) is 0.805. The fourth-order valence-electron chi connectivity index (χ4n) is 1.33. The molecular weight excluding hydrogens is 300 g/mol. The van der Waals surface area contributed by atoms with E-state index in [0.29, 0.717) is 0 Å². The Bertz CT molecular complexity index is 469. The molecule has 6 heteroatoms. The molecule has 0 aromatic carbocycles. The molecule has 4 nitrogen and oxygen atoms in total. The number of hydrogen-bond acceptors (Lipinski definition) is 5. The van der Waals surface area contributed by atoms with Crippen molar-refractivity contribution in [1.82, 2.24) is 15.5 Å². The molecule has 0 saturated heterocycles. The molecule has 2 rings (SSSR count). The summed E-state index contributed by atoms with van der Waals surface area (Å²) in [6.45, 7) is 1.75. The summed E-state index contributed by atoms with van der Waals surface area (Å²) in [7, 11) is 1.92. The van der Waals surface area contributed by atoms with Crippen molar-refractivity contribution in [1.29, 1.82) is 0 Å². The van der Waals surface area contributed by atoms with Crippen molar-refractivity contribution in [2.45, 2.75) is 0 Å². The van der Waals surface area contributed by atoms with Crippen LogP contribution in [0.4, 0.5) is 5.82 Å². The monoisotopic (exact) mass is 312 g/mol. The van der Waals surface area contributed by atoms with Crippen LogP contribution in [-0.2, 0) is 0 Å². The largest absolute Gasteiger partial charge is 0.367 e. The molecule has 0 aliphatic heterocycles. The summed E-state index contributed by atoms with van der Waals surface area (Å²) in [4.78, 5) is 1.12. The van der Waals surface area contributed by atoms with E-state index < -0.39 is 0 Å². The van der Waals surface area contributed by atoms with Crippen molar-refractivity contribution in [2.75, 3.05) is 25.5 Å². The van der Waals surface area contributed by atoms with Crippen LogP contribution in [-0.4, -0.2) is 30.3 Å². The van der Waals surface area contributed by atoms with Crippen molar-refractivity contribution in [3.05, 3.63) is 28.1 Å². The molecule has 0 saturated carbocycles. The fourth-order valence-corrected chi connectivity index (χ4v) is 2.68. The Balaban J connectivity index is 2.02. The van der Waals surface area contributed by atoms with Crippen LogP contribution in [0.15, 0.2) is 28.1 Å². The number of likely N-dealkylation sites (N-methyl/N-ethyl adjacent to an activating group) is 1. The van der Waals surface area contributed by atoms with Gasteiger partial charge in [-0.25, -0.2) is 0 Å². The maximum atomic E-state index is 4.20. The average Bonchev–Trinajstić information content (AvgIpc) is 2.77. The Kier molecular flexibility index (Phi) is 4.47. The number of anilines is 1. The zero-order valence-corrected chi connectivity index (χ0v) is 11.8. The molecule has 0 aliphatic carbocycles. The third kappa shape index (κ3) is 3.49. The summed E-state index contributed by atoms with van der Waals surface area (Å²) in [5, 5.41) is 14.6. The molecule has 2 aromatic heterocycles. The molecule has 0 radical (unpaired) electrons. The van der Waals surface area contributed by atoms with Gasteiger partial charge in [0.25, 0.3) is 0 Å². The molecular formula is C11H13BrN4S. The topological polar surface area (TPSA) is 49.8 Å². The third-order valence-electron chi connectivity index (χ3n) is 2.17. The molecule has 2 aromatic rings. The quantitative estimate of drug-likeness (QED) is 0.833. The molecule has 2 heterocycles. The normalized spacial score (nSPS) is 10.5. The van der Waals surface area contributed by atoms with E-state index >= 15 is 0 Å². The average molecular weight is 313 g/mol. The Hall–Kier alpha value is -0.980. The maximum Gasteiger partial charge on any atom is 0.148 e. The summed E-state index contributed by atoms with van der Waals surface area (Å²) in [6, 6.07) is 7.98. The minimum absolute atomic E-state index is 0.805. The number of aromatic nitrogens is 2. The molecule has 0 fully saturated rings. The van der Waals surface area contributed by atoms with E-state index in [2.05, 4.69) is 36.8 Å². The van der Waals surface area contributed by atoms with Gasteiger partial charge < -0.3 is 10.6 Å². The first-order chi connectivity index (χ1) is 8.29. The van der Waals surface area contributed by atoms with Crippen LogP contribution in [0.1, 0.15) is 0 Å². The Morgan fingerprint density at radius 1 is 1.18 bits per heavy atom. The van der Waals surface area contributed by atoms with Crippen LogP contribution in [0.25, 0.3) is 10.6 Å². The first kappa shape index (κ1) is 12.5. The SMILES string of the molecule is CNCCNc1ccc(-c2ccc(Br)s2)nn1. The third-order valence-corrected chi connectivity index (χ3v) is 3.82. The van der Waals surface area contributed by atoms with E-state index in [9.17, 15) is 0 Å². The van der Waals surface area contributed by atoms with Crippen LogP contribution in [0.3, 0.4) is 0 Å². The van der Waals surface area contributed by atoms with E-state index in [-0.39, 0.29) is 0 Å². The molecule has 2 N–H and O–H groups in total. The van der Waals surface area contributed by atoms with E-state index in [1.54, 1.807) is 11.3 Å².